The van der Waals surface area contributed by atoms with Crippen LogP contribution in [0.25, 0.3) is 0 Å². The van der Waals surface area contributed by atoms with Crippen LogP contribution in [0.5, 0.6) is 11.6 Å². The van der Waals surface area contributed by atoms with Crippen molar-refractivity contribution >= 4 is 10.0 Å². The van der Waals surface area contributed by atoms with E-state index in [4.69, 9.17) is 4.74 Å². The molecule has 0 spiro atoms. The first kappa shape index (κ1) is 16.5. The van der Waals surface area contributed by atoms with Gasteiger partial charge in [-0.2, -0.15) is 0 Å². The van der Waals surface area contributed by atoms with Crippen LogP contribution in [0.1, 0.15) is 18.9 Å². The molecule has 0 aliphatic carbocycles. The van der Waals surface area contributed by atoms with Crippen LogP contribution in [0.4, 0.5) is 0 Å². The third-order valence-electron chi connectivity index (χ3n) is 3.14. The molecule has 6 heteroatoms. The first-order valence-corrected chi connectivity index (χ1v) is 8.74. The van der Waals surface area contributed by atoms with E-state index in [0.717, 1.165) is 5.56 Å². The van der Waals surface area contributed by atoms with Crippen molar-refractivity contribution in [1.82, 2.24) is 9.29 Å². The number of hydrogen-bond donors (Lipinski definition) is 0. The quantitative estimate of drug-likeness (QED) is 0.787. The fraction of sp³-hybridized carbons (Fsp3) is 0.312. The van der Waals surface area contributed by atoms with E-state index in [0.29, 0.717) is 18.1 Å². The maximum Gasteiger partial charge on any atom is 0.223 e. The summed E-state index contributed by atoms with van der Waals surface area (Å²) in [5.74, 6) is 1.23. The minimum atomic E-state index is -3.25. The molecule has 22 heavy (non-hydrogen) atoms. The molecule has 0 saturated carbocycles. The van der Waals surface area contributed by atoms with Crippen LogP contribution in [0.2, 0.25) is 0 Å². The summed E-state index contributed by atoms with van der Waals surface area (Å²) >= 11 is 0. The van der Waals surface area contributed by atoms with E-state index in [9.17, 15) is 8.42 Å². The van der Waals surface area contributed by atoms with Gasteiger partial charge in [0, 0.05) is 25.4 Å². The molecule has 0 atom stereocenters. The molecule has 2 aromatic rings. The zero-order chi connectivity index (χ0) is 16.0. The molecule has 0 aliphatic heterocycles. The fourth-order valence-corrected chi connectivity index (χ4v) is 3.15. The van der Waals surface area contributed by atoms with Gasteiger partial charge in [-0.15, -0.1) is 0 Å². The van der Waals surface area contributed by atoms with Gasteiger partial charge in [-0.25, -0.2) is 17.7 Å². The zero-order valence-corrected chi connectivity index (χ0v) is 13.6. The highest BCUT2D eigenvalue weighted by atomic mass is 32.2. The number of sulfonamides is 1. The number of rotatable bonds is 7. The van der Waals surface area contributed by atoms with Crippen molar-refractivity contribution in [2.24, 2.45) is 0 Å². The van der Waals surface area contributed by atoms with Crippen molar-refractivity contribution in [3.05, 3.63) is 54.2 Å². The molecule has 0 fully saturated rings. The van der Waals surface area contributed by atoms with Gasteiger partial charge in [0.05, 0.1) is 5.75 Å². The van der Waals surface area contributed by atoms with E-state index < -0.39 is 10.0 Å². The maximum absolute atomic E-state index is 12.1. The Morgan fingerprint density at radius 1 is 1.14 bits per heavy atom. The van der Waals surface area contributed by atoms with Crippen molar-refractivity contribution in [3.63, 3.8) is 0 Å². The summed E-state index contributed by atoms with van der Waals surface area (Å²) in [7, 11) is -1.67. The molecule has 1 aromatic heterocycles. The molecule has 118 valence electrons. The average Bonchev–Trinajstić information content (AvgIpc) is 2.50. The summed E-state index contributed by atoms with van der Waals surface area (Å²) in [6.45, 7) is 2.08. The number of aromatic nitrogens is 1. The van der Waals surface area contributed by atoms with Gasteiger partial charge >= 0.3 is 0 Å². The second kappa shape index (κ2) is 7.38. The number of para-hydroxylation sites is 1. The van der Waals surface area contributed by atoms with Gasteiger partial charge in [0.1, 0.15) is 5.75 Å². The summed E-state index contributed by atoms with van der Waals surface area (Å²) in [5, 5.41) is 0. The van der Waals surface area contributed by atoms with E-state index >= 15 is 0 Å². The molecule has 2 rings (SSSR count). The first-order chi connectivity index (χ1) is 10.5. The molecule has 0 amide bonds. The summed E-state index contributed by atoms with van der Waals surface area (Å²) in [4.78, 5) is 4.21. The number of pyridine rings is 1. The van der Waals surface area contributed by atoms with Gasteiger partial charge in [0.2, 0.25) is 15.9 Å². The normalized spacial score (nSPS) is 11.6. The van der Waals surface area contributed by atoms with E-state index in [1.54, 1.807) is 19.3 Å². The summed E-state index contributed by atoms with van der Waals surface area (Å²) in [6, 6.07) is 12.9. The Morgan fingerprint density at radius 3 is 2.55 bits per heavy atom. The largest absolute Gasteiger partial charge is 0.439 e. The molecule has 1 aromatic carbocycles. The Morgan fingerprint density at radius 2 is 1.86 bits per heavy atom. The summed E-state index contributed by atoms with van der Waals surface area (Å²) in [6.07, 6.45) is 2.22. The maximum atomic E-state index is 12.1. The molecular formula is C16H20N2O3S. The number of benzene rings is 1. The summed E-state index contributed by atoms with van der Waals surface area (Å²) < 4.78 is 31.2. The second-order valence-corrected chi connectivity index (χ2v) is 7.15. The molecule has 1 heterocycles. The van der Waals surface area contributed by atoms with Crippen molar-refractivity contribution in [1.29, 1.82) is 0 Å². The second-order valence-electron chi connectivity index (χ2n) is 4.95. The lowest BCUT2D eigenvalue weighted by molar-refractivity contribution is 0.429. The highest BCUT2D eigenvalue weighted by Gasteiger charge is 2.19. The van der Waals surface area contributed by atoms with Gasteiger partial charge in [-0.1, -0.05) is 31.2 Å². The smallest absolute Gasteiger partial charge is 0.223 e. The number of nitrogens with zero attached hydrogens (tertiary/aromatic N) is 2. The standard InChI is InChI=1S/C16H20N2O3S/c1-3-12-22(19,20)18(2)13-14-8-7-11-17-16(14)21-15-9-5-4-6-10-15/h4-11H,3,12-13H2,1-2H3. The fourth-order valence-electron chi connectivity index (χ4n) is 1.99. The van der Waals surface area contributed by atoms with Gasteiger partial charge in [-0.05, 0) is 24.6 Å². The minimum Gasteiger partial charge on any atom is -0.439 e. The lowest BCUT2D eigenvalue weighted by Crippen LogP contribution is -2.28. The zero-order valence-electron chi connectivity index (χ0n) is 12.8. The van der Waals surface area contributed by atoms with Gasteiger partial charge in [0.15, 0.2) is 0 Å². The molecule has 0 radical (unpaired) electrons. The van der Waals surface area contributed by atoms with Crippen molar-refractivity contribution in [2.75, 3.05) is 12.8 Å². The van der Waals surface area contributed by atoms with Crippen LogP contribution in [0.15, 0.2) is 48.7 Å². The van der Waals surface area contributed by atoms with Gasteiger partial charge < -0.3 is 4.74 Å². The Hall–Kier alpha value is -1.92. The van der Waals surface area contributed by atoms with E-state index in [-0.39, 0.29) is 12.3 Å². The van der Waals surface area contributed by atoms with Crippen LogP contribution in [0, 0.1) is 0 Å². The molecule has 0 saturated heterocycles. The average molecular weight is 320 g/mol. The lowest BCUT2D eigenvalue weighted by Gasteiger charge is -2.18. The SMILES string of the molecule is CCCS(=O)(=O)N(C)Cc1cccnc1Oc1ccccc1. The Kier molecular flexibility index (Phi) is 5.51. The van der Waals surface area contributed by atoms with Crippen LogP contribution < -0.4 is 4.74 Å². The van der Waals surface area contributed by atoms with Crippen LogP contribution in [0.3, 0.4) is 0 Å². The highest BCUT2D eigenvalue weighted by molar-refractivity contribution is 7.89. The Balaban J connectivity index is 2.18. The lowest BCUT2D eigenvalue weighted by atomic mass is 10.2. The predicted octanol–water partition coefficient (Wildman–Crippen LogP) is 3.05. The molecule has 0 unspecified atom stereocenters. The van der Waals surface area contributed by atoms with E-state index in [1.807, 2.05) is 43.3 Å². The minimum absolute atomic E-state index is 0.138. The van der Waals surface area contributed by atoms with Gasteiger partial charge in [-0.3, -0.25) is 0 Å². The Labute approximate surface area is 131 Å². The third-order valence-corrected chi connectivity index (χ3v) is 5.14. The molecular weight excluding hydrogens is 300 g/mol. The van der Waals surface area contributed by atoms with E-state index in [2.05, 4.69) is 4.98 Å². The monoisotopic (exact) mass is 320 g/mol. The topological polar surface area (TPSA) is 59.5 Å². The molecule has 5 nitrogen and oxygen atoms in total. The first-order valence-electron chi connectivity index (χ1n) is 7.13. The number of ether oxygens (including phenoxy) is 1. The van der Waals surface area contributed by atoms with Crippen molar-refractivity contribution in [2.45, 2.75) is 19.9 Å². The number of hydrogen-bond acceptors (Lipinski definition) is 4. The third kappa shape index (κ3) is 4.29. The van der Waals surface area contributed by atoms with E-state index in [1.165, 1.54) is 4.31 Å². The Bertz CT molecular complexity index is 702. The predicted molar refractivity (Wildman–Crippen MR) is 86.3 cm³/mol. The highest BCUT2D eigenvalue weighted by Crippen LogP contribution is 2.24. The molecule has 0 N–H and O–H groups in total. The van der Waals surface area contributed by atoms with Crippen molar-refractivity contribution in [3.8, 4) is 11.6 Å². The van der Waals surface area contributed by atoms with Crippen molar-refractivity contribution < 1.29 is 13.2 Å². The molecule has 0 aliphatic rings. The van der Waals surface area contributed by atoms with Crippen LogP contribution in [-0.2, 0) is 16.6 Å². The van der Waals surface area contributed by atoms with Crippen LogP contribution in [-0.4, -0.2) is 30.5 Å². The molecule has 0 bridgehead atoms. The summed E-state index contributed by atoms with van der Waals surface area (Å²) in [5.41, 5.74) is 0.730. The van der Waals surface area contributed by atoms with Gasteiger partial charge in [0.25, 0.3) is 0 Å². The van der Waals surface area contributed by atoms with Crippen LogP contribution >= 0.6 is 0 Å².